The fourth-order valence-electron chi connectivity index (χ4n) is 2.93. The summed E-state index contributed by atoms with van der Waals surface area (Å²) in [5.41, 5.74) is -0.295. The standard InChI is InChI=1S/C18H22N2O6S/c1-3-13(2)20(15-6-8-27(23,24)12-15)17(21)11-26-18(22)14(10-19)9-16-5-4-7-25-16/h4-5,7,9,13,15H,3,6,8,11-12H2,1-2H3/b14-9+/t13-,15+/m1/s1. The van der Waals surface area contributed by atoms with Gasteiger partial charge in [0.25, 0.3) is 5.91 Å². The lowest BCUT2D eigenvalue weighted by atomic mass is 10.1. The maximum atomic E-state index is 12.6. The molecule has 1 aliphatic rings. The maximum Gasteiger partial charge on any atom is 0.349 e. The molecule has 1 fully saturated rings. The first-order chi connectivity index (χ1) is 12.8. The van der Waals surface area contributed by atoms with Crippen molar-refractivity contribution in [3.05, 3.63) is 29.7 Å². The molecule has 0 bridgehead atoms. The van der Waals surface area contributed by atoms with Crippen LogP contribution >= 0.6 is 0 Å². The summed E-state index contributed by atoms with van der Waals surface area (Å²) in [6.45, 7) is 3.15. The van der Waals surface area contributed by atoms with Crippen molar-refractivity contribution in [2.24, 2.45) is 0 Å². The number of sulfone groups is 1. The van der Waals surface area contributed by atoms with Gasteiger partial charge in [0, 0.05) is 18.2 Å². The first-order valence-electron chi connectivity index (χ1n) is 8.61. The Hall–Kier alpha value is -2.60. The maximum absolute atomic E-state index is 12.6. The number of nitrogens with zero attached hydrogens (tertiary/aromatic N) is 2. The second kappa shape index (κ2) is 8.86. The average Bonchev–Trinajstić information content (AvgIpc) is 3.26. The molecular weight excluding hydrogens is 372 g/mol. The lowest BCUT2D eigenvalue weighted by molar-refractivity contribution is -0.150. The van der Waals surface area contributed by atoms with Crippen LogP contribution in [0.5, 0.6) is 0 Å². The number of rotatable bonds is 7. The van der Waals surface area contributed by atoms with Gasteiger partial charge in [-0.15, -0.1) is 0 Å². The summed E-state index contributed by atoms with van der Waals surface area (Å²) >= 11 is 0. The molecule has 1 aromatic heterocycles. The predicted molar refractivity (Wildman–Crippen MR) is 96.9 cm³/mol. The Balaban J connectivity index is 2.04. The minimum atomic E-state index is -3.16. The van der Waals surface area contributed by atoms with E-state index in [0.29, 0.717) is 18.6 Å². The number of carbonyl (C=O) groups excluding carboxylic acids is 2. The van der Waals surface area contributed by atoms with Crippen LogP contribution in [0.2, 0.25) is 0 Å². The van der Waals surface area contributed by atoms with Crippen LogP contribution < -0.4 is 0 Å². The Labute approximate surface area is 158 Å². The van der Waals surface area contributed by atoms with Crippen molar-refractivity contribution >= 4 is 27.8 Å². The smallest absolute Gasteiger partial charge is 0.349 e. The van der Waals surface area contributed by atoms with Crippen LogP contribution in [0.1, 0.15) is 32.4 Å². The molecule has 0 radical (unpaired) electrons. The second-order valence-corrected chi connectivity index (χ2v) is 8.61. The molecule has 27 heavy (non-hydrogen) atoms. The van der Waals surface area contributed by atoms with E-state index in [0.717, 1.165) is 0 Å². The van der Waals surface area contributed by atoms with Crippen molar-refractivity contribution in [2.75, 3.05) is 18.1 Å². The zero-order valence-corrected chi connectivity index (χ0v) is 16.1. The second-order valence-electron chi connectivity index (χ2n) is 6.38. The van der Waals surface area contributed by atoms with Gasteiger partial charge in [-0.1, -0.05) is 6.92 Å². The topological polar surface area (TPSA) is 118 Å². The van der Waals surface area contributed by atoms with Gasteiger partial charge in [-0.3, -0.25) is 4.79 Å². The third-order valence-electron chi connectivity index (χ3n) is 4.45. The van der Waals surface area contributed by atoms with Crippen molar-refractivity contribution in [3.63, 3.8) is 0 Å². The third-order valence-corrected chi connectivity index (χ3v) is 6.20. The zero-order chi connectivity index (χ0) is 20.0. The Morgan fingerprint density at radius 2 is 2.26 bits per heavy atom. The molecule has 0 N–H and O–H groups in total. The van der Waals surface area contributed by atoms with Gasteiger partial charge in [0.2, 0.25) is 0 Å². The average molecular weight is 394 g/mol. The van der Waals surface area contributed by atoms with Crippen LogP contribution in [0.3, 0.4) is 0 Å². The van der Waals surface area contributed by atoms with Crippen molar-refractivity contribution in [3.8, 4) is 6.07 Å². The molecule has 9 heteroatoms. The van der Waals surface area contributed by atoms with E-state index in [1.165, 1.54) is 17.2 Å². The number of nitriles is 1. The number of carbonyl (C=O) groups is 2. The normalized spacial score (nSPS) is 19.9. The number of amides is 1. The van der Waals surface area contributed by atoms with Gasteiger partial charge in [0.05, 0.1) is 17.8 Å². The highest BCUT2D eigenvalue weighted by Crippen LogP contribution is 2.21. The number of ether oxygens (including phenoxy) is 1. The molecule has 1 aromatic rings. The van der Waals surface area contributed by atoms with E-state index < -0.39 is 34.4 Å². The number of furan rings is 1. The van der Waals surface area contributed by atoms with Gasteiger partial charge in [0.1, 0.15) is 17.4 Å². The molecule has 2 atom stereocenters. The highest BCUT2D eigenvalue weighted by Gasteiger charge is 2.36. The molecule has 0 saturated carbocycles. The molecular formula is C18H22N2O6S. The molecule has 1 aliphatic heterocycles. The van der Waals surface area contributed by atoms with Crippen molar-refractivity contribution in [1.82, 2.24) is 4.90 Å². The Morgan fingerprint density at radius 3 is 2.78 bits per heavy atom. The van der Waals surface area contributed by atoms with Crippen LogP contribution in [-0.4, -0.2) is 55.4 Å². The van der Waals surface area contributed by atoms with Gasteiger partial charge in [-0.2, -0.15) is 5.26 Å². The Morgan fingerprint density at radius 1 is 1.52 bits per heavy atom. The molecule has 0 unspecified atom stereocenters. The van der Waals surface area contributed by atoms with E-state index in [9.17, 15) is 18.0 Å². The van der Waals surface area contributed by atoms with E-state index in [1.807, 2.05) is 13.8 Å². The molecule has 8 nitrogen and oxygen atoms in total. The van der Waals surface area contributed by atoms with Gasteiger partial charge in [-0.05, 0) is 31.9 Å². The minimum Gasteiger partial charge on any atom is -0.465 e. The summed E-state index contributed by atoms with van der Waals surface area (Å²) in [4.78, 5) is 26.2. The van der Waals surface area contributed by atoms with Gasteiger partial charge >= 0.3 is 5.97 Å². The van der Waals surface area contributed by atoms with Crippen LogP contribution in [-0.2, 0) is 24.2 Å². The highest BCUT2D eigenvalue weighted by atomic mass is 32.2. The molecule has 0 aliphatic carbocycles. The summed E-state index contributed by atoms with van der Waals surface area (Å²) in [5, 5.41) is 9.10. The Bertz CT molecular complexity index is 851. The highest BCUT2D eigenvalue weighted by molar-refractivity contribution is 7.91. The molecule has 2 rings (SSSR count). The largest absolute Gasteiger partial charge is 0.465 e. The summed E-state index contributed by atoms with van der Waals surface area (Å²) in [6, 6.07) is 4.28. The first kappa shape index (κ1) is 20.7. The number of esters is 1. The predicted octanol–water partition coefficient (Wildman–Crippen LogP) is 1.54. The lowest BCUT2D eigenvalue weighted by Crippen LogP contribution is -2.48. The summed E-state index contributed by atoms with van der Waals surface area (Å²) in [6.07, 6.45) is 3.63. The molecule has 146 valence electrons. The molecule has 2 heterocycles. The van der Waals surface area contributed by atoms with Crippen molar-refractivity contribution in [1.29, 1.82) is 5.26 Å². The summed E-state index contributed by atoms with van der Waals surface area (Å²) in [5.74, 6) is -1.14. The first-order valence-corrected chi connectivity index (χ1v) is 10.4. The SMILES string of the molecule is CC[C@@H](C)N(C(=O)COC(=O)/C(C#N)=C/c1ccco1)[C@H]1CCS(=O)(=O)C1. The van der Waals surface area contributed by atoms with E-state index in [-0.39, 0.29) is 23.1 Å². The monoisotopic (exact) mass is 394 g/mol. The fourth-order valence-corrected chi connectivity index (χ4v) is 4.64. The molecule has 0 spiro atoms. The van der Waals surface area contributed by atoms with E-state index in [1.54, 1.807) is 18.2 Å². The summed E-state index contributed by atoms with van der Waals surface area (Å²) < 4.78 is 33.5. The van der Waals surface area contributed by atoms with E-state index in [2.05, 4.69) is 0 Å². The van der Waals surface area contributed by atoms with Crippen LogP contribution in [0, 0.1) is 11.3 Å². The van der Waals surface area contributed by atoms with Gasteiger partial charge in [0.15, 0.2) is 16.4 Å². The van der Waals surface area contributed by atoms with Crippen LogP contribution in [0.25, 0.3) is 6.08 Å². The molecule has 1 saturated heterocycles. The van der Waals surface area contributed by atoms with Gasteiger partial charge in [-0.25, -0.2) is 13.2 Å². The third kappa shape index (κ3) is 5.44. The minimum absolute atomic E-state index is 0.0438. The fraction of sp³-hybridized carbons (Fsp3) is 0.500. The van der Waals surface area contributed by atoms with Gasteiger partial charge < -0.3 is 14.1 Å². The van der Waals surface area contributed by atoms with Crippen LogP contribution in [0.4, 0.5) is 0 Å². The van der Waals surface area contributed by atoms with Crippen LogP contribution in [0.15, 0.2) is 28.4 Å². The molecule has 0 aromatic carbocycles. The number of hydrogen-bond acceptors (Lipinski definition) is 7. The summed E-state index contributed by atoms with van der Waals surface area (Å²) in [7, 11) is -3.16. The molecule has 1 amide bonds. The zero-order valence-electron chi connectivity index (χ0n) is 15.3. The van der Waals surface area contributed by atoms with Crippen molar-refractivity contribution in [2.45, 2.75) is 38.8 Å². The van der Waals surface area contributed by atoms with E-state index >= 15 is 0 Å². The number of hydrogen-bond donors (Lipinski definition) is 0. The Kier molecular flexibility index (Phi) is 6.80. The van der Waals surface area contributed by atoms with Crippen molar-refractivity contribution < 1.29 is 27.2 Å². The van der Waals surface area contributed by atoms with E-state index in [4.69, 9.17) is 14.4 Å². The quantitative estimate of drug-likeness (QED) is 0.391. The lowest BCUT2D eigenvalue weighted by Gasteiger charge is -2.33.